The predicted octanol–water partition coefficient (Wildman–Crippen LogP) is 2.15. The van der Waals surface area contributed by atoms with Crippen molar-refractivity contribution in [1.29, 1.82) is 0 Å². The van der Waals surface area contributed by atoms with Crippen LogP contribution in [-0.4, -0.2) is 41.7 Å². The summed E-state index contributed by atoms with van der Waals surface area (Å²) >= 11 is 0. The number of aromatic amines is 1. The van der Waals surface area contributed by atoms with Crippen LogP contribution in [0.15, 0.2) is 17.3 Å². The van der Waals surface area contributed by atoms with Crippen LogP contribution in [0.2, 0.25) is 0 Å². The van der Waals surface area contributed by atoms with Gasteiger partial charge in [0.25, 0.3) is 10.0 Å². The molecule has 0 radical (unpaired) electrons. The van der Waals surface area contributed by atoms with E-state index in [-0.39, 0.29) is 5.03 Å². The van der Waals surface area contributed by atoms with Gasteiger partial charge in [-0.05, 0) is 18.9 Å². The molecule has 0 atom stereocenters. The van der Waals surface area contributed by atoms with Crippen molar-refractivity contribution >= 4 is 10.0 Å². The highest BCUT2D eigenvalue weighted by molar-refractivity contribution is 7.89. The van der Waals surface area contributed by atoms with E-state index in [4.69, 9.17) is 0 Å². The number of halogens is 3. The Kier molecular flexibility index (Phi) is 4.97. The van der Waals surface area contributed by atoms with E-state index in [0.717, 1.165) is 6.07 Å². The third-order valence-electron chi connectivity index (χ3n) is 2.75. The minimum absolute atomic E-state index is 0.306. The maximum Gasteiger partial charge on any atom is 0.402 e. The van der Waals surface area contributed by atoms with E-state index in [9.17, 15) is 21.6 Å². The van der Waals surface area contributed by atoms with E-state index < -0.39 is 28.8 Å². The van der Waals surface area contributed by atoms with Gasteiger partial charge < -0.3 is 0 Å². The van der Waals surface area contributed by atoms with Gasteiger partial charge in [0.1, 0.15) is 6.54 Å². The van der Waals surface area contributed by atoms with Crippen molar-refractivity contribution in [2.24, 2.45) is 0 Å². The van der Waals surface area contributed by atoms with Crippen molar-refractivity contribution in [1.82, 2.24) is 14.5 Å². The Morgan fingerprint density at radius 2 is 1.95 bits per heavy atom. The molecule has 0 aromatic carbocycles. The molecule has 19 heavy (non-hydrogen) atoms. The normalized spacial score (nSPS) is 13.4. The monoisotopic (exact) mass is 299 g/mol. The summed E-state index contributed by atoms with van der Waals surface area (Å²) in [4.78, 5) is 0. The quantitative estimate of drug-likeness (QED) is 0.875. The average molecular weight is 299 g/mol. The van der Waals surface area contributed by atoms with E-state index in [0.29, 0.717) is 17.1 Å². The molecule has 1 heterocycles. The number of hydrogen-bond donors (Lipinski definition) is 1. The van der Waals surface area contributed by atoms with Crippen LogP contribution in [0.25, 0.3) is 0 Å². The minimum atomic E-state index is -4.59. The molecular weight excluding hydrogens is 283 g/mol. The molecule has 0 aliphatic rings. The summed E-state index contributed by atoms with van der Waals surface area (Å²) in [5.41, 5.74) is 0. The van der Waals surface area contributed by atoms with E-state index >= 15 is 0 Å². The van der Waals surface area contributed by atoms with Gasteiger partial charge >= 0.3 is 6.18 Å². The van der Waals surface area contributed by atoms with Crippen LogP contribution in [-0.2, 0) is 10.0 Å². The largest absolute Gasteiger partial charge is 0.402 e. The van der Waals surface area contributed by atoms with Crippen molar-refractivity contribution < 1.29 is 21.6 Å². The Labute approximate surface area is 109 Å². The second kappa shape index (κ2) is 5.91. The van der Waals surface area contributed by atoms with Crippen LogP contribution in [0.4, 0.5) is 13.2 Å². The first-order chi connectivity index (χ1) is 8.72. The highest BCUT2D eigenvalue weighted by Gasteiger charge is 2.40. The summed E-state index contributed by atoms with van der Waals surface area (Å²) in [5.74, 6) is 0. The van der Waals surface area contributed by atoms with Crippen molar-refractivity contribution in [3.05, 3.63) is 12.3 Å². The molecular formula is C10H16F3N3O2S. The molecule has 1 aromatic heterocycles. The molecule has 1 N–H and O–H groups in total. The highest BCUT2D eigenvalue weighted by Crippen LogP contribution is 2.25. The standard InChI is InChI=1S/C10H16F3N3O2S/c1-3-8(4-2)16(7-10(11,12)13)19(17,18)9-5-6-14-15-9/h5-6,8H,3-4,7H2,1-2H3,(H,14,15). The number of nitrogens with zero attached hydrogens (tertiary/aromatic N) is 2. The molecule has 0 saturated carbocycles. The summed E-state index contributed by atoms with van der Waals surface area (Å²) in [6.07, 6.45) is -2.79. The Hall–Kier alpha value is -1.09. The predicted molar refractivity (Wildman–Crippen MR) is 62.9 cm³/mol. The summed E-state index contributed by atoms with van der Waals surface area (Å²) in [6, 6.07) is 0.441. The molecule has 5 nitrogen and oxygen atoms in total. The van der Waals surface area contributed by atoms with Crippen molar-refractivity contribution in [3.8, 4) is 0 Å². The molecule has 0 bridgehead atoms. The lowest BCUT2D eigenvalue weighted by Crippen LogP contribution is -2.45. The molecule has 0 aliphatic carbocycles. The maximum atomic E-state index is 12.6. The Bertz CT molecular complexity index is 481. The lowest BCUT2D eigenvalue weighted by atomic mass is 10.2. The van der Waals surface area contributed by atoms with E-state index in [1.165, 1.54) is 6.20 Å². The second-order valence-corrected chi connectivity index (χ2v) is 5.92. The first-order valence-electron chi connectivity index (χ1n) is 5.80. The molecule has 110 valence electrons. The third-order valence-corrected chi connectivity index (χ3v) is 4.57. The molecule has 0 aliphatic heterocycles. The number of nitrogens with one attached hydrogen (secondary N) is 1. The van der Waals surface area contributed by atoms with Gasteiger partial charge in [0.2, 0.25) is 0 Å². The Balaban J connectivity index is 3.16. The van der Waals surface area contributed by atoms with E-state index in [1.54, 1.807) is 13.8 Å². The minimum Gasteiger partial charge on any atom is -0.266 e. The number of aromatic nitrogens is 2. The van der Waals surface area contributed by atoms with Crippen LogP contribution in [0, 0.1) is 0 Å². The summed E-state index contributed by atoms with van der Waals surface area (Å²) in [6.45, 7) is 1.81. The molecule has 0 saturated heterocycles. The lowest BCUT2D eigenvalue weighted by Gasteiger charge is -2.29. The first kappa shape index (κ1) is 16.0. The Morgan fingerprint density at radius 3 is 2.32 bits per heavy atom. The summed E-state index contributed by atoms with van der Waals surface area (Å²) in [7, 11) is -4.22. The van der Waals surface area contributed by atoms with Gasteiger partial charge in [0.15, 0.2) is 5.03 Å². The SMILES string of the molecule is CCC(CC)N(CC(F)(F)F)S(=O)(=O)c1ccn[nH]1. The fraction of sp³-hybridized carbons (Fsp3) is 0.700. The molecule has 1 aromatic rings. The van der Waals surface area contributed by atoms with Gasteiger partial charge in [-0.1, -0.05) is 13.8 Å². The highest BCUT2D eigenvalue weighted by atomic mass is 32.2. The molecule has 9 heteroatoms. The molecule has 1 rings (SSSR count). The number of H-pyrrole nitrogens is 1. The number of rotatable bonds is 6. The van der Waals surface area contributed by atoms with Crippen molar-refractivity contribution in [2.45, 2.75) is 43.9 Å². The fourth-order valence-electron chi connectivity index (χ4n) is 1.80. The van der Waals surface area contributed by atoms with Crippen LogP contribution in [0.5, 0.6) is 0 Å². The van der Waals surface area contributed by atoms with Crippen molar-refractivity contribution in [3.63, 3.8) is 0 Å². The van der Waals surface area contributed by atoms with Gasteiger partial charge in [0, 0.05) is 6.04 Å². The smallest absolute Gasteiger partial charge is 0.266 e. The van der Waals surface area contributed by atoms with Crippen LogP contribution in [0.3, 0.4) is 0 Å². The molecule has 0 amide bonds. The third kappa shape index (κ3) is 3.93. The van der Waals surface area contributed by atoms with Gasteiger partial charge in [-0.3, -0.25) is 5.10 Å². The van der Waals surface area contributed by atoms with E-state index in [2.05, 4.69) is 10.2 Å². The zero-order valence-electron chi connectivity index (χ0n) is 10.6. The number of sulfonamides is 1. The fourth-order valence-corrected chi connectivity index (χ4v) is 3.46. The second-order valence-electron chi connectivity index (χ2n) is 4.06. The first-order valence-corrected chi connectivity index (χ1v) is 7.24. The lowest BCUT2D eigenvalue weighted by molar-refractivity contribution is -0.139. The maximum absolute atomic E-state index is 12.6. The summed E-state index contributed by atoms with van der Waals surface area (Å²) < 4.78 is 62.6. The summed E-state index contributed by atoms with van der Waals surface area (Å²) in [5, 5.41) is 5.34. The topological polar surface area (TPSA) is 66.1 Å². The van der Waals surface area contributed by atoms with E-state index in [1.807, 2.05) is 0 Å². The number of hydrogen-bond acceptors (Lipinski definition) is 3. The van der Waals surface area contributed by atoms with Crippen LogP contribution < -0.4 is 0 Å². The van der Waals surface area contributed by atoms with Crippen LogP contribution in [0.1, 0.15) is 26.7 Å². The average Bonchev–Trinajstić information content (AvgIpc) is 2.81. The zero-order chi connectivity index (χ0) is 14.7. The Morgan fingerprint density at radius 1 is 1.37 bits per heavy atom. The molecule has 0 spiro atoms. The molecule has 0 fully saturated rings. The van der Waals surface area contributed by atoms with Crippen molar-refractivity contribution in [2.75, 3.05) is 6.54 Å². The van der Waals surface area contributed by atoms with Gasteiger partial charge in [-0.25, -0.2) is 8.42 Å². The van der Waals surface area contributed by atoms with Crippen LogP contribution >= 0.6 is 0 Å². The van der Waals surface area contributed by atoms with Gasteiger partial charge in [-0.15, -0.1) is 0 Å². The van der Waals surface area contributed by atoms with Gasteiger partial charge in [0.05, 0.1) is 6.20 Å². The number of alkyl halides is 3. The zero-order valence-corrected chi connectivity index (χ0v) is 11.4. The van der Waals surface area contributed by atoms with Gasteiger partial charge in [-0.2, -0.15) is 22.6 Å². The molecule has 0 unspecified atom stereocenters.